The summed E-state index contributed by atoms with van der Waals surface area (Å²) in [6, 6.07) is 21.1. The van der Waals surface area contributed by atoms with Gasteiger partial charge < -0.3 is 32.3 Å². The maximum Gasteiger partial charge on any atom is 0.294 e. The van der Waals surface area contributed by atoms with Crippen molar-refractivity contribution in [2.24, 2.45) is 20.5 Å². The number of halogens is 2. The Balaban J connectivity index is 1.11. The Bertz CT molecular complexity index is 3120. The van der Waals surface area contributed by atoms with E-state index in [1.807, 2.05) is 0 Å². The van der Waals surface area contributed by atoms with Crippen LogP contribution < -0.4 is 22.1 Å². The molecule has 1 aromatic heterocycles. The number of nitrogens with two attached hydrogens (primary N) is 2. The van der Waals surface area contributed by atoms with Crippen molar-refractivity contribution < 1.29 is 36.2 Å². The summed E-state index contributed by atoms with van der Waals surface area (Å²) in [6.45, 7) is 0. The smallest absolute Gasteiger partial charge is 0.294 e. The number of nitrogens with one attached hydrogen (secondary N) is 2. The van der Waals surface area contributed by atoms with Crippen LogP contribution in [0.4, 0.5) is 57.4 Å². The highest BCUT2D eigenvalue weighted by Crippen LogP contribution is 2.42. The summed E-state index contributed by atoms with van der Waals surface area (Å²) in [7, 11) is -9.20. The van der Waals surface area contributed by atoms with Gasteiger partial charge in [0.15, 0.2) is 0 Å². The number of phenolic OH excluding ortho intramolecular Hbond substituents is 2. The molecular formula is C35H25Cl2N11O8S2. The first-order chi connectivity index (χ1) is 27.4. The van der Waals surface area contributed by atoms with Gasteiger partial charge in [0.1, 0.15) is 28.6 Å². The second-order valence-corrected chi connectivity index (χ2v) is 15.7. The Hall–Kier alpha value is -6.75. The lowest BCUT2D eigenvalue weighted by Gasteiger charge is -2.10. The molecule has 6 aromatic carbocycles. The third-order valence-corrected chi connectivity index (χ3v) is 10.3. The predicted molar refractivity (Wildman–Crippen MR) is 217 cm³/mol. The molecule has 0 amide bonds. The van der Waals surface area contributed by atoms with Gasteiger partial charge in [0.2, 0.25) is 17.2 Å². The van der Waals surface area contributed by atoms with Crippen molar-refractivity contribution in [3.05, 3.63) is 101 Å². The predicted octanol–water partition coefficient (Wildman–Crippen LogP) is 8.87. The first-order valence-corrected chi connectivity index (χ1v) is 19.8. The second-order valence-electron chi connectivity index (χ2n) is 12.2. The molecule has 0 saturated carbocycles. The molecule has 0 atom stereocenters. The summed E-state index contributed by atoms with van der Waals surface area (Å²) in [4.78, 5) is 11.6. The van der Waals surface area contributed by atoms with Crippen LogP contribution in [-0.4, -0.2) is 51.1 Å². The molecule has 0 aliphatic heterocycles. The Kier molecular flexibility index (Phi) is 10.4. The molecule has 0 radical (unpaired) electrons. The number of azo groups is 2. The number of fused-ring (bicyclic) bond motifs is 2. The molecule has 7 aromatic rings. The summed E-state index contributed by atoms with van der Waals surface area (Å²) in [5, 5.41) is 44.8. The van der Waals surface area contributed by atoms with Crippen molar-refractivity contribution in [1.29, 1.82) is 0 Å². The first kappa shape index (κ1) is 39.5. The van der Waals surface area contributed by atoms with E-state index in [-0.39, 0.29) is 72.2 Å². The maximum atomic E-state index is 11.7. The van der Waals surface area contributed by atoms with Crippen molar-refractivity contribution in [3.63, 3.8) is 0 Å². The minimum absolute atomic E-state index is 0.0183. The molecule has 294 valence electrons. The Morgan fingerprint density at radius 1 is 0.586 bits per heavy atom. The molecule has 0 aliphatic carbocycles. The zero-order chi connectivity index (χ0) is 41.5. The lowest BCUT2D eigenvalue weighted by atomic mass is 10.1. The van der Waals surface area contributed by atoms with Gasteiger partial charge in [-0.05, 0) is 83.0 Å². The molecule has 19 nitrogen and oxygen atoms in total. The normalized spacial score (nSPS) is 12.2. The second kappa shape index (κ2) is 15.3. The van der Waals surface area contributed by atoms with Crippen LogP contribution in [0.15, 0.2) is 121 Å². The molecule has 7 rings (SSSR count). The van der Waals surface area contributed by atoms with Crippen LogP contribution in [0.1, 0.15) is 0 Å². The molecule has 1 heterocycles. The summed E-state index contributed by atoms with van der Waals surface area (Å²) in [5.74, 6) is -0.935. The van der Waals surface area contributed by atoms with Crippen LogP contribution in [0, 0.1) is 0 Å². The molecule has 0 fully saturated rings. The third kappa shape index (κ3) is 8.48. The minimum Gasteiger partial charge on any atom is -0.507 e. The fourth-order valence-electron chi connectivity index (χ4n) is 5.59. The molecule has 0 unspecified atom stereocenters. The molecule has 0 saturated heterocycles. The quantitative estimate of drug-likeness (QED) is 0.0361. The van der Waals surface area contributed by atoms with Crippen molar-refractivity contribution >= 4 is 122 Å². The van der Waals surface area contributed by atoms with E-state index in [4.69, 9.17) is 34.7 Å². The largest absolute Gasteiger partial charge is 0.507 e. The molecule has 0 aliphatic rings. The van der Waals surface area contributed by atoms with Gasteiger partial charge in [0.05, 0.1) is 42.6 Å². The van der Waals surface area contributed by atoms with Crippen molar-refractivity contribution in [3.8, 4) is 11.5 Å². The number of anilines is 6. The van der Waals surface area contributed by atoms with Crippen molar-refractivity contribution in [2.75, 3.05) is 22.1 Å². The number of aromatic hydroxyl groups is 2. The third-order valence-electron chi connectivity index (χ3n) is 8.18. The maximum absolute atomic E-state index is 11.7. The van der Waals surface area contributed by atoms with Gasteiger partial charge in [-0.25, -0.2) is 0 Å². The van der Waals surface area contributed by atoms with E-state index < -0.39 is 41.5 Å². The van der Waals surface area contributed by atoms with Gasteiger partial charge in [-0.3, -0.25) is 9.11 Å². The number of rotatable bonds is 10. The van der Waals surface area contributed by atoms with Crippen LogP contribution in [0.5, 0.6) is 11.5 Å². The van der Waals surface area contributed by atoms with E-state index in [1.165, 1.54) is 42.5 Å². The molecular weight excluding hydrogens is 837 g/mol. The number of phenols is 2. The van der Waals surface area contributed by atoms with E-state index in [0.29, 0.717) is 17.1 Å². The van der Waals surface area contributed by atoms with E-state index in [2.05, 4.69) is 46.0 Å². The highest BCUT2D eigenvalue weighted by Gasteiger charge is 2.19. The van der Waals surface area contributed by atoms with E-state index >= 15 is 0 Å². The van der Waals surface area contributed by atoms with Crippen LogP contribution >= 0.6 is 23.2 Å². The Morgan fingerprint density at radius 2 is 1.10 bits per heavy atom. The van der Waals surface area contributed by atoms with Crippen LogP contribution in [0.25, 0.3) is 21.5 Å². The highest BCUT2D eigenvalue weighted by molar-refractivity contribution is 7.86. The number of hydrogen-bond acceptors (Lipinski definition) is 17. The highest BCUT2D eigenvalue weighted by atomic mass is 35.5. The van der Waals surface area contributed by atoms with E-state index in [1.54, 1.807) is 30.3 Å². The SMILES string of the molecule is Nc1ccc2cc(S(=O)(=O)O)cc(O)c2c1N=Nc1cccc(Nc2nc(Cl)nc(Nc3ccc(Cl)c(N=Nc4c(N)ccc5cc(S(=O)(=O)O)cc(O)c45)c3)n2)c1. The number of nitrogens with zero attached hydrogens (tertiary/aromatic N) is 7. The topological polar surface area (TPSA) is 313 Å². The summed E-state index contributed by atoms with van der Waals surface area (Å²) >= 11 is 12.6. The number of benzene rings is 6. The fraction of sp³-hybridized carbons (Fsp3) is 0. The molecule has 0 bridgehead atoms. The van der Waals surface area contributed by atoms with E-state index in [0.717, 1.165) is 18.2 Å². The lowest BCUT2D eigenvalue weighted by Crippen LogP contribution is -2.04. The average Bonchev–Trinajstić information content (AvgIpc) is 3.14. The van der Waals surface area contributed by atoms with E-state index in [9.17, 15) is 36.2 Å². The standard InChI is InChI=1S/C35H25Cl2N11O8S2/c36-23-7-6-19(13-26(23)46-48-32-25(39)9-5-17-11-22(58(54,55)56)15-28(50)30(17)32)41-35-43-33(37)42-34(44-35)40-18-2-1-3-20(12-18)45-47-31-24(38)8-4-16-10-21(57(51,52)53)14-27(49)29(16)31/h1-15,49-50H,38-39H2,(H,51,52,53)(H,54,55,56)(H2,40,41,42,43,44). The van der Waals surface area contributed by atoms with Crippen molar-refractivity contribution in [2.45, 2.75) is 9.79 Å². The minimum atomic E-state index is -4.61. The Morgan fingerprint density at radius 3 is 1.64 bits per heavy atom. The number of hydrogen-bond donors (Lipinski definition) is 8. The van der Waals surface area contributed by atoms with Gasteiger partial charge in [0.25, 0.3) is 20.2 Å². The van der Waals surface area contributed by atoms with Crippen LogP contribution in [-0.2, 0) is 20.2 Å². The monoisotopic (exact) mass is 861 g/mol. The van der Waals surface area contributed by atoms with Gasteiger partial charge in [-0.15, -0.1) is 15.3 Å². The molecule has 23 heteroatoms. The summed E-state index contributed by atoms with van der Waals surface area (Å²) in [6.07, 6.45) is 0. The van der Waals surface area contributed by atoms with Crippen LogP contribution in [0.3, 0.4) is 0 Å². The summed E-state index contributed by atoms with van der Waals surface area (Å²) in [5.41, 5.74) is 13.9. The van der Waals surface area contributed by atoms with Gasteiger partial charge in [0, 0.05) is 23.5 Å². The molecule has 0 spiro atoms. The van der Waals surface area contributed by atoms with Crippen molar-refractivity contribution in [1.82, 2.24) is 15.0 Å². The molecule has 58 heavy (non-hydrogen) atoms. The van der Waals surface area contributed by atoms with Gasteiger partial charge >= 0.3 is 0 Å². The first-order valence-electron chi connectivity index (χ1n) is 16.2. The van der Waals surface area contributed by atoms with Gasteiger partial charge in [-0.1, -0.05) is 29.8 Å². The number of nitrogen functional groups attached to an aromatic ring is 2. The lowest BCUT2D eigenvalue weighted by molar-refractivity contribution is 0.470. The average molecular weight is 863 g/mol. The zero-order valence-corrected chi connectivity index (χ0v) is 32.1. The zero-order valence-electron chi connectivity index (χ0n) is 28.9. The Labute approximate surface area is 337 Å². The fourth-order valence-corrected chi connectivity index (χ4v) is 6.97. The molecule has 10 N–H and O–H groups in total. The number of aromatic nitrogens is 3. The van der Waals surface area contributed by atoms with Gasteiger partial charge in [-0.2, -0.15) is 36.9 Å². The summed E-state index contributed by atoms with van der Waals surface area (Å²) < 4.78 is 65.5. The van der Waals surface area contributed by atoms with Crippen LogP contribution in [0.2, 0.25) is 10.3 Å².